The van der Waals surface area contributed by atoms with Crippen LogP contribution in [0.5, 0.6) is 5.75 Å². The van der Waals surface area contributed by atoms with Crippen LogP contribution in [0.3, 0.4) is 0 Å². The first kappa shape index (κ1) is 16.5. The van der Waals surface area contributed by atoms with Gasteiger partial charge in [-0.2, -0.15) is 0 Å². The summed E-state index contributed by atoms with van der Waals surface area (Å²) < 4.78 is 5.66. The molecular weight excluding hydrogens is 284 g/mol. The van der Waals surface area contributed by atoms with Crippen molar-refractivity contribution in [2.45, 2.75) is 71.1 Å². The number of fused-ring (bicyclic) bond motifs is 2. The molecule has 2 heteroatoms. The molecule has 2 nitrogen and oxygen atoms in total. The average Bonchev–Trinajstić information content (AvgIpc) is 3.20. The van der Waals surface area contributed by atoms with Gasteiger partial charge in [0.1, 0.15) is 5.75 Å². The molecule has 2 saturated carbocycles. The van der Waals surface area contributed by atoms with Gasteiger partial charge in [0, 0.05) is 0 Å². The van der Waals surface area contributed by atoms with Crippen LogP contribution < -0.4 is 4.74 Å². The van der Waals surface area contributed by atoms with Crippen molar-refractivity contribution in [3.05, 3.63) is 29.8 Å². The molecule has 4 atom stereocenters. The zero-order valence-corrected chi connectivity index (χ0v) is 14.6. The van der Waals surface area contributed by atoms with E-state index < -0.39 is 0 Å². The molecule has 0 aliphatic heterocycles. The first-order chi connectivity index (χ1) is 11.2. The number of benzene rings is 1. The second-order valence-electron chi connectivity index (χ2n) is 7.52. The topological polar surface area (TPSA) is 26.3 Å². The quantitative estimate of drug-likeness (QED) is 0.476. The summed E-state index contributed by atoms with van der Waals surface area (Å²) >= 11 is 0. The largest absolute Gasteiger partial charge is 0.426 e. The molecule has 2 aliphatic carbocycles. The summed E-state index contributed by atoms with van der Waals surface area (Å²) in [4.78, 5) is 12.4. The highest BCUT2D eigenvalue weighted by Gasteiger charge is 2.44. The molecule has 126 valence electrons. The smallest absolute Gasteiger partial charge is 0.314 e. The van der Waals surface area contributed by atoms with Gasteiger partial charge in [0.25, 0.3) is 0 Å². The highest BCUT2D eigenvalue weighted by atomic mass is 16.5. The predicted molar refractivity (Wildman–Crippen MR) is 93.6 cm³/mol. The van der Waals surface area contributed by atoms with E-state index in [9.17, 15) is 4.79 Å². The summed E-state index contributed by atoms with van der Waals surface area (Å²) in [5.74, 6) is 2.87. The minimum absolute atomic E-state index is 0.00275. The number of hydrogen-bond acceptors (Lipinski definition) is 2. The second kappa shape index (κ2) is 7.51. The van der Waals surface area contributed by atoms with E-state index in [1.807, 2.05) is 12.1 Å². The molecule has 0 saturated heterocycles. The monoisotopic (exact) mass is 314 g/mol. The number of carbonyl (C=O) groups excluding carboxylic acids is 1. The van der Waals surface area contributed by atoms with Gasteiger partial charge in [-0.15, -0.1) is 0 Å². The van der Waals surface area contributed by atoms with E-state index in [1.165, 1.54) is 50.5 Å². The van der Waals surface area contributed by atoms with E-state index in [4.69, 9.17) is 4.74 Å². The van der Waals surface area contributed by atoms with Crippen LogP contribution in [-0.4, -0.2) is 5.97 Å². The number of unbranched alkanes of at least 4 members (excludes halogenated alkanes) is 1. The molecule has 0 N–H and O–H groups in total. The maximum Gasteiger partial charge on any atom is 0.314 e. The van der Waals surface area contributed by atoms with Gasteiger partial charge in [-0.25, -0.2) is 0 Å². The van der Waals surface area contributed by atoms with Crippen molar-refractivity contribution < 1.29 is 9.53 Å². The summed E-state index contributed by atoms with van der Waals surface area (Å²) in [6, 6.07) is 8.25. The van der Waals surface area contributed by atoms with Gasteiger partial charge in [0.2, 0.25) is 0 Å². The highest BCUT2D eigenvalue weighted by Crippen LogP contribution is 2.48. The van der Waals surface area contributed by atoms with Crippen LogP contribution in [0.25, 0.3) is 0 Å². The fourth-order valence-corrected chi connectivity index (χ4v) is 4.59. The van der Waals surface area contributed by atoms with Gasteiger partial charge >= 0.3 is 5.97 Å². The Bertz CT molecular complexity index is 519. The van der Waals surface area contributed by atoms with Gasteiger partial charge in [-0.1, -0.05) is 45.2 Å². The predicted octanol–water partition coefficient (Wildman–Crippen LogP) is 5.71. The molecule has 3 rings (SSSR count). The first-order valence-corrected chi connectivity index (χ1v) is 9.52. The molecule has 4 unspecified atom stereocenters. The zero-order valence-electron chi connectivity index (χ0n) is 14.6. The molecule has 0 aromatic heterocycles. The number of carbonyl (C=O) groups is 1. The van der Waals surface area contributed by atoms with Crippen molar-refractivity contribution in [1.82, 2.24) is 0 Å². The van der Waals surface area contributed by atoms with Crippen LogP contribution in [0.15, 0.2) is 24.3 Å². The van der Waals surface area contributed by atoms with Gasteiger partial charge in [-0.05, 0) is 67.6 Å². The van der Waals surface area contributed by atoms with Crippen molar-refractivity contribution in [3.63, 3.8) is 0 Å². The minimum atomic E-state index is 0.00275. The number of esters is 1. The lowest BCUT2D eigenvalue weighted by Gasteiger charge is -2.20. The minimum Gasteiger partial charge on any atom is -0.426 e. The van der Waals surface area contributed by atoms with E-state index >= 15 is 0 Å². The number of hydrogen-bond donors (Lipinski definition) is 0. The van der Waals surface area contributed by atoms with Crippen molar-refractivity contribution in [3.8, 4) is 5.75 Å². The van der Waals surface area contributed by atoms with Gasteiger partial charge in [0.15, 0.2) is 0 Å². The third-order valence-corrected chi connectivity index (χ3v) is 6.01. The number of ether oxygens (including phenoxy) is 1. The van der Waals surface area contributed by atoms with Gasteiger partial charge < -0.3 is 4.74 Å². The van der Waals surface area contributed by atoms with Gasteiger partial charge in [0.05, 0.1) is 5.92 Å². The lowest BCUT2D eigenvalue weighted by molar-refractivity contribution is -0.140. The molecular formula is C21H30O2. The zero-order chi connectivity index (χ0) is 16.2. The summed E-state index contributed by atoms with van der Waals surface area (Å²) in [7, 11) is 0. The van der Waals surface area contributed by atoms with Crippen LogP contribution in [0.1, 0.15) is 76.7 Å². The summed E-state index contributed by atoms with van der Waals surface area (Å²) in [5.41, 5.74) is 1.38. The summed E-state index contributed by atoms with van der Waals surface area (Å²) in [6.07, 6.45) is 9.78. The maximum absolute atomic E-state index is 12.4. The standard InChI is InChI=1S/C21H30O2/c1-3-5-6-16(4-2)17-9-11-19(12-10-17)23-21(22)20-14-15-7-8-18(20)13-15/h9-12,15-16,18,20H,3-8,13-14H2,1-2H3. The normalized spacial score (nSPS) is 27.1. The fourth-order valence-electron chi connectivity index (χ4n) is 4.59. The van der Waals surface area contributed by atoms with E-state index in [1.54, 1.807) is 0 Å². The van der Waals surface area contributed by atoms with Crippen molar-refractivity contribution in [2.24, 2.45) is 17.8 Å². The Hall–Kier alpha value is -1.31. The molecule has 2 bridgehead atoms. The second-order valence-corrected chi connectivity index (χ2v) is 7.52. The van der Waals surface area contributed by atoms with E-state index in [0.717, 1.165) is 12.3 Å². The Balaban J connectivity index is 1.57. The Morgan fingerprint density at radius 2 is 1.96 bits per heavy atom. The average molecular weight is 314 g/mol. The third kappa shape index (κ3) is 3.79. The first-order valence-electron chi connectivity index (χ1n) is 9.52. The highest BCUT2D eigenvalue weighted by molar-refractivity contribution is 5.76. The van der Waals surface area contributed by atoms with E-state index in [-0.39, 0.29) is 11.9 Å². The summed E-state index contributed by atoms with van der Waals surface area (Å²) in [5, 5.41) is 0. The summed E-state index contributed by atoms with van der Waals surface area (Å²) in [6.45, 7) is 4.49. The molecule has 2 fully saturated rings. The molecule has 0 radical (unpaired) electrons. The molecule has 1 aromatic rings. The van der Waals surface area contributed by atoms with Crippen LogP contribution in [0.2, 0.25) is 0 Å². The van der Waals surface area contributed by atoms with E-state index in [2.05, 4.69) is 26.0 Å². The molecule has 0 amide bonds. The molecule has 23 heavy (non-hydrogen) atoms. The van der Waals surface area contributed by atoms with Crippen LogP contribution in [-0.2, 0) is 4.79 Å². The lowest BCUT2D eigenvalue weighted by Crippen LogP contribution is -2.25. The van der Waals surface area contributed by atoms with Crippen molar-refractivity contribution >= 4 is 5.97 Å². The molecule has 2 aliphatic rings. The maximum atomic E-state index is 12.4. The Morgan fingerprint density at radius 3 is 2.52 bits per heavy atom. The molecule has 0 spiro atoms. The SMILES string of the molecule is CCCCC(CC)c1ccc(OC(=O)C2CC3CCC2C3)cc1. The molecule has 0 heterocycles. The van der Waals surface area contributed by atoms with Crippen LogP contribution >= 0.6 is 0 Å². The van der Waals surface area contributed by atoms with E-state index in [0.29, 0.717) is 17.6 Å². The van der Waals surface area contributed by atoms with Crippen molar-refractivity contribution in [2.75, 3.05) is 0 Å². The van der Waals surface area contributed by atoms with Crippen LogP contribution in [0.4, 0.5) is 0 Å². The Labute approximate surface area is 140 Å². The van der Waals surface area contributed by atoms with Crippen LogP contribution in [0, 0.1) is 17.8 Å². The Morgan fingerprint density at radius 1 is 1.17 bits per heavy atom. The third-order valence-electron chi connectivity index (χ3n) is 6.01. The van der Waals surface area contributed by atoms with Gasteiger partial charge in [-0.3, -0.25) is 4.79 Å². The number of rotatable bonds is 7. The molecule has 1 aromatic carbocycles. The van der Waals surface area contributed by atoms with Crippen molar-refractivity contribution in [1.29, 1.82) is 0 Å². The lowest BCUT2D eigenvalue weighted by atomic mass is 9.89. The fraction of sp³-hybridized carbons (Fsp3) is 0.667. The Kier molecular flexibility index (Phi) is 5.40.